The van der Waals surface area contributed by atoms with Crippen LogP contribution in [0.5, 0.6) is 0 Å². The van der Waals surface area contributed by atoms with Crippen LogP contribution in [0.15, 0.2) is 115 Å². The lowest BCUT2D eigenvalue weighted by atomic mass is 9.80. The summed E-state index contributed by atoms with van der Waals surface area (Å²) in [5.41, 5.74) is 2.94. The summed E-state index contributed by atoms with van der Waals surface area (Å²) < 4.78 is 0. The number of benzene rings is 3. The molecule has 164 valence electrons. The predicted molar refractivity (Wildman–Crippen MR) is 132 cm³/mol. The lowest BCUT2D eigenvalue weighted by Crippen LogP contribution is -2.46. The molecule has 0 bridgehead atoms. The smallest absolute Gasteiger partial charge is 0.264 e. The quantitative estimate of drug-likeness (QED) is 0.550. The summed E-state index contributed by atoms with van der Waals surface area (Å²) in [6, 6.07) is 30.2. The van der Waals surface area contributed by atoms with E-state index in [4.69, 9.17) is 5.41 Å². The highest BCUT2D eigenvalue weighted by Gasteiger charge is 2.53. The third-order valence-electron chi connectivity index (χ3n) is 6.55. The maximum atomic E-state index is 14.2. The first-order chi connectivity index (χ1) is 16.2. The molecule has 0 spiro atoms. The summed E-state index contributed by atoms with van der Waals surface area (Å²) in [5.74, 6) is -0.00472. The highest BCUT2D eigenvalue weighted by Crippen LogP contribution is 2.39. The van der Waals surface area contributed by atoms with Crippen LogP contribution in [0.3, 0.4) is 0 Å². The number of amides is 1. The summed E-state index contributed by atoms with van der Waals surface area (Å²) in [5, 5.41) is 12.1. The number of hydrogen-bond acceptors (Lipinski definition) is 2. The van der Waals surface area contributed by atoms with Crippen LogP contribution in [0, 0.1) is 5.41 Å². The van der Waals surface area contributed by atoms with Gasteiger partial charge in [-0.2, -0.15) is 0 Å². The Morgan fingerprint density at radius 3 is 1.97 bits per heavy atom. The van der Waals surface area contributed by atoms with Crippen molar-refractivity contribution in [2.24, 2.45) is 0 Å². The molecule has 1 atom stereocenters. The molecule has 0 saturated carbocycles. The zero-order valence-corrected chi connectivity index (χ0v) is 18.4. The van der Waals surface area contributed by atoms with Crippen LogP contribution >= 0.6 is 0 Å². The van der Waals surface area contributed by atoms with Gasteiger partial charge in [-0.3, -0.25) is 15.1 Å². The zero-order valence-electron chi connectivity index (χ0n) is 18.4. The molecule has 3 aromatic rings. The van der Waals surface area contributed by atoms with Crippen molar-refractivity contribution in [3.63, 3.8) is 0 Å². The first kappa shape index (κ1) is 21.0. The van der Waals surface area contributed by atoms with Gasteiger partial charge < -0.3 is 5.32 Å². The van der Waals surface area contributed by atoms with Gasteiger partial charge in [0.05, 0.1) is 0 Å². The van der Waals surface area contributed by atoms with E-state index in [-0.39, 0.29) is 17.8 Å². The Morgan fingerprint density at radius 2 is 1.42 bits per heavy atom. The van der Waals surface area contributed by atoms with Crippen molar-refractivity contribution < 1.29 is 4.79 Å². The number of carbonyl (C=O) groups is 1. The lowest BCUT2D eigenvalue weighted by Gasteiger charge is -2.31. The second-order valence-corrected chi connectivity index (χ2v) is 8.52. The molecule has 2 N–H and O–H groups in total. The summed E-state index contributed by atoms with van der Waals surface area (Å²) in [6.07, 6.45) is 8.12. The molecule has 3 aromatic carbocycles. The van der Waals surface area contributed by atoms with Crippen molar-refractivity contribution in [1.29, 1.82) is 5.41 Å². The second kappa shape index (κ2) is 8.91. The van der Waals surface area contributed by atoms with E-state index < -0.39 is 5.54 Å². The van der Waals surface area contributed by atoms with E-state index in [0.717, 1.165) is 35.1 Å². The van der Waals surface area contributed by atoms with Crippen molar-refractivity contribution in [2.75, 3.05) is 6.54 Å². The lowest BCUT2D eigenvalue weighted by molar-refractivity contribution is -0.130. The fourth-order valence-corrected chi connectivity index (χ4v) is 4.87. The molecule has 4 heteroatoms. The monoisotopic (exact) mass is 433 g/mol. The molecule has 5 rings (SSSR count). The minimum Gasteiger partial charge on any atom is -0.334 e. The topological polar surface area (TPSA) is 56.2 Å². The molecule has 1 saturated heterocycles. The fraction of sp³-hybridized carbons (Fsp3) is 0.172. The van der Waals surface area contributed by atoms with Crippen LogP contribution < -0.4 is 5.32 Å². The molecule has 1 aliphatic heterocycles. The number of nitrogens with zero attached hydrogens (tertiary/aromatic N) is 1. The zero-order chi connectivity index (χ0) is 22.7. The number of rotatable bonds is 6. The Morgan fingerprint density at radius 1 is 0.848 bits per heavy atom. The molecular weight excluding hydrogens is 406 g/mol. The first-order valence-corrected chi connectivity index (χ1v) is 11.4. The van der Waals surface area contributed by atoms with Crippen molar-refractivity contribution in [3.05, 3.63) is 131 Å². The molecule has 0 radical (unpaired) electrons. The molecular formula is C29H27N3O. The molecule has 1 aliphatic carbocycles. The van der Waals surface area contributed by atoms with Crippen LogP contribution in [0.4, 0.5) is 0 Å². The van der Waals surface area contributed by atoms with Gasteiger partial charge in [-0.25, -0.2) is 0 Å². The van der Waals surface area contributed by atoms with E-state index >= 15 is 0 Å². The Balaban J connectivity index is 1.56. The van der Waals surface area contributed by atoms with Crippen LogP contribution in [0.2, 0.25) is 0 Å². The van der Waals surface area contributed by atoms with Crippen LogP contribution in [-0.4, -0.2) is 23.3 Å². The first-order valence-electron chi connectivity index (χ1n) is 11.4. The van der Waals surface area contributed by atoms with Gasteiger partial charge in [0, 0.05) is 12.5 Å². The van der Waals surface area contributed by atoms with Gasteiger partial charge in [-0.1, -0.05) is 109 Å². The summed E-state index contributed by atoms with van der Waals surface area (Å²) in [6.45, 7) is 0.393. The predicted octanol–water partition coefficient (Wildman–Crippen LogP) is 5.36. The Bertz CT molecular complexity index is 1160. The van der Waals surface area contributed by atoms with Crippen LogP contribution in [0.1, 0.15) is 35.4 Å². The number of hydrogen-bond donors (Lipinski definition) is 2. The Labute approximate surface area is 194 Å². The molecule has 1 amide bonds. The highest BCUT2D eigenvalue weighted by atomic mass is 16.2. The van der Waals surface area contributed by atoms with Gasteiger partial charge in [0.15, 0.2) is 11.5 Å². The van der Waals surface area contributed by atoms with E-state index in [2.05, 4.69) is 41.7 Å². The SMILES string of the molecule is N=C1NC(C2=CCCC=C2)(c2ccccc2)C(=O)N1CC(c1ccccc1)c1ccccc1. The van der Waals surface area contributed by atoms with Crippen LogP contribution in [0.25, 0.3) is 0 Å². The standard InChI is InChI=1S/C29H27N3O/c30-28-31-29(24-17-9-3-10-18-24,25-19-11-4-12-20-25)27(33)32(28)21-26(22-13-5-1-6-14-22)23-15-7-2-8-16-23/h1-3,5-11,13-20,26H,4,12,21H2,(H2,30,31). The molecule has 1 unspecified atom stereocenters. The molecule has 33 heavy (non-hydrogen) atoms. The Kier molecular flexibility index (Phi) is 5.66. The van der Waals surface area contributed by atoms with Crippen molar-refractivity contribution >= 4 is 11.9 Å². The van der Waals surface area contributed by atoms with E-state index in [9.17, 15) is 4.79 Å². The minimum atomic E-state index is -1.08. The van der Waals surface area contributed by atoms with Crippen molar-refractivity contribution in [2.45, 2.75) is 24.3 Å². The van der Waals surface area contributed by atoms with E-state index in [1.54, 1.807) is 4.90 Å². The Hall–Kier alpha value is -3.92. The molecule has 1 heterocycles. The largest absolute Gasteiger partial charge is 0.334 e. The van der Waals surface area contributed by atoms with Gasteiger partial charge in [0.25, 0.3) is 5.91 Å². The number of carbonyl (C=O) groups excluding carboxylic acids is 1. The maximum Gasteiger partial charge on any atom is 0.264 e. The fourth-order valence-electron chi connectivity index (χ4n) is 4.87. The molecule has 4 nitrogen and oxygen atoms in total. The van der Waals surface area contributed by atoms with E-state index in [0.29, 0.717) is 6.54 Å². The van der Waals surface area contributed by atoms with Crippen molar-refractivity contribution in [3.8, 4) is 0 Å². The van der Waals surface area contributed by atoms with Crippen LogP contribution in [-0.2, 0) is 10.3 Å². The van der Waals surface area contributed by atoms with Crippen molar-refractivity contribution in [1.82, 2.24) is 10.2 Å². The van der Waals surface area contributed by atoms with Gasteiger partial charge in [0.2, 0.25) is 0 Å². The van der Waals surface area contributed by atoms with Gasteiger partial charge in [-0.05, 0) is 35.1 Å². The summed E-state index contributed by atoms with van der Waals surface area (Å²) >= 11 is 0. The third kappa shape index (κ3) is 3.78. The molecule has 0 aromatic heterocycles. The van der Waals surface area contributed by atoms with Gasteiger partial charge >= 0.3 is 0 Å². The van der Waals surface area contributed by atoms with Gasteiger partial charge in [0.1, 0.15) is 0 Å². The number of allylic oxidation sites excluding steroid dienone is 2. The summed E-state index contributed by atoms with van der Waals surface area (Å²) in [4.78, 5) is 15.8. The summed E-state index contributed by atoms with van der Waals surface area (Å²) in [7, 11) is 0. The van der Waals surface area contributed by atoms with Gasteiger partial charge in [-0.15, -0.1) is 0 Å². The second-order valence-electron chi connectivity index (χ2n) is 8.52. The average molecular weight is 434 g/mol. The third-order valence-corrected chi connectivity index (χ3v) is 6.55. The maximum absolute atomic E-state index is 14.2. The number of guanidine groups is 1. The number of nitrogens with one attached hydrogen (secondary N) is 2. The normalized spacial score (nSPS) is 20.2. The molecule has 2 aliphatic rings. The van der Waals surface area contributed by atoms with E-state index in [1.165, 1.54) is 0 Å². The van der Waals surface area contributed by atoms with E-state index in [1.807, 2.05) is 72.8 Å². The highest BCUT2D eigenvalue weighted by molar-refractivity contribution is 6.10. The molecule has 1 fully saturated rings. The minimum absolute atomic E-state index is 0.0408. The average Bonchev–Trinajstić information content (AvgIpc) is 3.14.